The Labute approximate surface area is 153 Å². The van der Waals surface area contributed by atoms with Crippen LogP contribution in [0.2, 0.25) is 0 Å². The minimum atomic E-state index is -0.425. The van der Waals surface area contributed by atoms with Crippen molar-refractivity contribution in [3.63, 3.8) is 0 Å². The highest BCUT2D eigenvalue weighted by molar-refractivity contribution is 5.96. The van der Waals surface area contributed by atoms with Gasteiger partial charge in [0.25, 0.3) is 5.91 Å². The summed E-state index contributed by atoms with van der Waals surface area (Å²) in [5.41, 5.74) is 4.22. The summed E-state index contributed by atoms with van der Waals surface area (Å²) in [6, 6.07) is 0. The molecule has 140 valence electrons. The summed E-state index contributed by atoms with van der Waals surface area (Å²) in [6.45, 7) is 7.52. The second-order valence-electron chi connectivity index (χ2n) is 7.19. The fraction of sp³-hybridized carbons (Fsp3) is 0.556. The fourth-order valence-electron chi connectivity index (χ4n) is 3.74. The standard InChI is InChI=1S/C18H25N5O3/c1-13-6-8-23-15(17(24)22-7-4-3-5-14(22)19-23)16(13)26-18(25)21-11-9-20(2)10-12-21/h6,8,14,19H,1,3-5,7,9-12H2,2H3/t14-/m0/s1. The largest absolute Gasteiger partial charge is 0.415 e. The van der Waals surface area contributed by atoms with Gasteiger partial charge in [0, 0.05) is 44.5 Å². The molecule has 0 aromatic carbocycles. The molecular formula is C18H25N5O3. The third-order valence-electron chi connectivity index (χ3n) is 5.38. The molecule has 0 aliphatic carbocycles. The number of ether oxygens (including phenoxy) is 1. The lowest BCUT2D eigenvalue weighted by atomic mass is 10.0. The predicted molar refractivity (Wildman–Crippen MR) is 95.2 cm³/mol. The number of nitrogens with one attached hydrogen (secondary N) is 1. The van der Waals surface area contributed by atoms with Gasteiger partial charge in [0.2, 0.25) is 0 Å². The molecule has 1 atom stereocenters. The average molecular weight is 359 g/mol. The van der Waals surface area contributed by atoms with E-state index in [0.717, 1.165) is 32.4 Å². The lowest BCUT2D eigenvalue weighted by Crippen LogP contribution is -2.62. The van der Waals surface area contributed by atoms with E-state index in [0.29, 0.717) is 30.9 Å². The van der Waals surface area contributed by atoms with E-state index in [1.54, 1.807) is 22.2 Å². The van der Waals surface area contributed by atoms with Gasteiger partial charge in [0.1, 0.15) is 6.17 Å². The van der Waals surface area contributed by atoms with Crippen LogP contribution in [0.1, 0.15) is 19.3 Å². The van der Waals surface area contributed by atoms with Gasteiger partial charge in [-0.25, -0.2) is 10.2 Å². The first-order valence-corrected chi connectivity index (χ1v) is 9.18. The Morgan fingerprint density at radius 1 is 1.23 bits per heavy atom. The molecule has 3 fully saturated rings. The first kappa shape index (κ1) is 17.1. The number of allylic oxidation sites excluding steroid dienone is 1. The van der Waals surface area contributed by atoms with Crippen molar-refractivity contribution in [3.8, 4) is 0 Å². The summed E-state index contributed by atoms with van der Waals surface area (Å²) in [5, 5.41) is 1.68. The molecule has 0 aromatic rings. The minimum absolute atomic E-state index is 0.00871. The van der Waals surface area contributed by atoms with Crippen LogP contribution in [-0.2, 0) is 9.53 Å². The maximum atomic E-state index is 13.1. The lowest BCUT2D eigenvalue weighted by Gasteiger charge is -2.46. The van der Waals surface area contributed by atoms with Crippen molar-refractivity contribution in [2.24, 2.45) is 0 Å². The number of fused-ring (bicyclic) bond motifs is 2. The Bertz CT molecular complexity index is 693. The van der Waals surface area contributed by atoms with Crippen LogP contribution >= 0.6 is 0 Å². The summed E-state index contributed by atoms with van der Waals surface area (Å²) in [4.78, 5) is 31.3. The van der Waals surface area contributed by atoms with Crippen LogP contribution in [0, 0.1) is 0 Å². The third kappa shape index (κ3) is 2.99. The Morgan fingerprint density at radius 3 is 2.77 bits per heavy atom. The molecular weight excluding hydrogens is 334 g/mol. The zero-order valence-corrected chi connectivity index (χ0v) is 15.1. The first-order chi connectivity index (χ1) is 12.5. The van der Waals surface area contributed by atoms with Crippen molar-refractivity contribution in [1.82, 2.24) is 25.1 Å². The third-order valence-corrected chi connectivity index (χ3v) is 5.38. The number of carbonyl (C=O) groups excluding carboxylic acids is 2. The molecule has 8 heteroatoms. The zero-order valence-electron chi connectivity index (χ0n) is 15.1. The molecule has 0 spiro atoms. The molecule has 4 aliphatic heterocycles. The number of nitrogens with zero attached hydrogens (tertiary/aromatic N) is 4. The molecule has 4 aliphatic rings. The topological polar surface area (TPSA) is 68.4 Å². The normalized spacial score (nSPS) is 26.8. The molecule has 2 amide bonds. The summed E-state index contributed by atoms with van der Waals surface area (Å²) in [7, 11) is 2.03. The Morgan fingerprint density at radius 2 is 2.00 bits per heavy atom. The van der Waals surface area contributed by atoms with Crippen LogP contribution in [0.4, 0.5) is 4.79 Å². The molecule has 8 nitrogen and oxygen atoms in total. The molecule has 26 heavy (non-hydrogen) atoms. The molecule has 0 bridgehead atoms. The van der Waals surface area contributed by atoms with Crippen LogP contribution in [0.15, 0.2) is 35.9 Å². The Kier molecular flexibility index (Phi) is 4.46. The predicted octanol–water partition coefficient (Wildman–Crippen LogP) is 0.824. The summed E-state index contributed by atoms with van der Waals surface area (Å²) >= 11 is 0. The van der Waals surface area contributed by atoms with E-state index in [-0.39, 0.29) is 17.8 Å². The number of hydrazine groups is 1. The van der Waals surface area contributed by atoms with Gasteiger partial charge in [-0.2, -0.15) is 0 Å². The van der Waals surface area contributed by atoms with Crippen LogP contribution < -0.4 is 5.43 Å². The van der Waals surface area contributed by atoms with Crippen molar-refractivity contribution in [3.05, 3.63) is 35.9 Å². The van der Waals surface area contributed by atoms with Crippen molar-refractivity contribution in [1.29, 1.82) is 0 Å². The van der Waals surface area contributed by atoms with Crippen molar-refractivity contribution >= 4 is 12.0 Å². The number of carbonyl (C=O) groups is 2. The highest BCUT2D eigenvalue weighted by atomic mass is 16.6. The van der Waals surface area contributed by atoms with Gasteiger partial charge in [-0.15, -0.1) is 0 Å². The number of piperazine rings is 1. The second kappa shape index (κ2) is 6.77. The van der Waals surface area contributed by atoms with Gasteiger partial charge in [-0.05, 0) is 32.4 Å². The van der Waals surface area contributed by atoms with E-state index >= 15 is 0 Å². The number of hydrogen-bond donors (Lipinski definition) is 1. The van der Waals surface area contributed by atoms with E-state index in [9.17, 15) is 9.59 Å². The lowest BCUT2D eigenvalue weighted by molar-refractivity contribution is -0.140. The van der Waals surface area contributed by atoms with E-state index in [2.05, 4.69) is 16.9 Å². The van der Waals surface area contributed by atoms with Gasteiger partial charge in [-0.3, -0.25) is 9.80 Å². The monoisotopic (exact) mass is 359 g/mol. The minimum Gasteiger partial charge on any atom is -0.407 e. The summed E-state index contributed by atoms with van der Waals surface area (Å²) < 4.78 is 5.67. The fourth-order valence-corrected chi connectivity index (χ4v) is 3.74. The van der Waals surface area contributed by atoms with Gasteiger partial charge in [-0.1, -0.05) is 6.58 Å². The quantitative estimate of drug-likeness (QED) is 0.748. The summed E-state index contributed by atoms with van der Waals surface area (Å²) in [5.74, 6) is 0.137. The molecule has 1 N–H and O–H groups in total. The smallest absolute Gasteiger partial charge is 0.407 e. The number of piperidine rings is 1. The Hall–Kier alpha value is -2.32. The molecule has 4 rings (SSSR count). The number of amides is 2. The van der Waals surface area contributed by atoms with Gasteiger partial charge < -0.3 is 19.4 Å². The van der Waals surface area contributed by atoms with Gasteiger partial charge in [0.05, 0.1) is 0 Å². The SMILES string of the molecule is C=C1C=CN2N[C@@H]3CCCCN3C(=O)C2=C1OC(=O)N1CCN(C)CC1. The maximum Gasteiger partial charge on any atom is 0.415 e. The van der Waals surface area contributed by atoms with Crippen LogP contribution in [0.3, 0.4) is 0 Å². The first-order valence-electron chi connectivity index (χ1n) is 9.18. The van der Waals surface area contributed by atoms with Crippen molar-refractivity contribution in [2.45, 2.75) is 25.4 Å². The summed E-state index contributed by atoms with van der Waals surface area (Å²) in [6.07, 6.45) is 6.10. The molecule has 0 unspecified atom stereocenters. The average Bonchev–Trinajstić information content (AvgIpc) is 2.65. The molecule has 0 aromatic heterocycles. The van der Waals surface area contributed by atoms with E-state index in [1.807, 2.05) is 11.9 Å². The van der Waals surface area contributed by atoms with Crippen molar-refractivity contribution < 1.29 is 14.3 Å². The molecule has 4 heterocycles. The number of rotatable bonds is 1. The van der Waals surface area contributed by atoms with Gasteiger partial charge in [0.15, 0.2) is 11.5 Å². The second-order valence-corrected chi connectivity index (χ2v) is 7.19. The van der Waals surface area contributed by atoms with Crippen LogP contribution in [0.5, 0.6) is 0 Å². The highest BCUT2D eigenvalue weighted by Crippen LogP contribution is 2.31. The Balaban J connectivity index is 1.57. The van der Waals surface area contributed by atoms with Crippen LogP contribution in [-0.4, -0.2) is 77.6 Å². The molecule has 3 saturated heterocycles. The zero-order chi connectivity index (χ0) is 18.3. The highest BCUT2D eigenvalue weighted by Gasteiger charge is 2.41. The molecule has 0 radical (unpaired) electrons. The van der Waals surface area contributed by atoms with Crippen molar-refractivity contribution in [2.75, 3.05) is 39.8 Å². The number of hydrogen-bond acceptors (Lipinski definition) is 6. The molecule has 0 saturated carbocycles. The maximum absolute atomic E-state index is 13.1. The van der Waals surface area contributed by atoms with E-state index in [1.165, 1.54) is 0 Å². The van der Waals surface area contributed by atoms with Crippen LogP contribution in [0.25, 0.3) is 0 Å². The van der Waals surface area contributed by atoms with Gasteiger partial charge >= 0.3 is 6.09 Å². The van der Waals surface area contributed by atoms with E-state index < -0.39 is 6.09 Å². The number of likely N-dealkylation sites (N-methyl/N-ethyl adjacent to an activating group) is 1. The van der Waals surface area contributed by atoms with E-state index in [4.69, 9.17) is 4.74 Å².